The lowest BCUT2D eigenvalue weighted by Gasteiger charge is -2.37. The van der Waals surface area contributed by atoms with Gasteiger partial charge < -0.3 is 20.5 Å². The number of aliphatic hydroxyl groups is 1. The van der Waals surface area contributed by atoms with Crippen LogP contribution in [0.4, 0.5) is 4.79 Å². The molecule has 0 aromatic rings. The van der Waals surface area contributed by atoms with Gasteiger partial charge in [0, 0.05) is 20.2 Å². The van der Waals surface area contributed by atoms with Crippen LogP contribution in [0, 0.1) is 11.3 Å². The third kappa shape index (κ3) is 6.09. The molecule has 0 spiro atoms. The normalized spacial score (nSPS) is 18.6. The van der Waals surface area contributed by atoms with Gasteiger partial charge in [0.25, 0.3) is 0 Å². The Morgan fingerprint density at radius 2 is 1.95 bits per heavy atom. The number of nitrogens with one attached hydrogen (secondary N) is 2. The van der Waals surface area contributed by atoms with Gasteiger partial charge in [-0.1, -0.05) is 33.1 Å². The van der Waals surface area contributed by atoms with E-state index in [-0.39, 0.29) is 24.6 Å². The van der Waals surface area contributed by atoms with Gasteiger partial charge in [0.15, 0.2) is 0 Å². The number of methoxy groups -OCH3 is 1. The molecule has 1 saturated carbocycles. The van der Waals surface area contributed by atoms with E-state index in [1.54, 1.807) is 0 Å². The molecule has 1 fully saturated rings. The maximum absolute atomic E-state index is 11.7. The molecule has 0 radical (unpaired) electrons. The number of amides is 2. The van der Waals surface area contributed by atoms with Crippen molar-refractivity contribution >= 4 is 6.03 Å². The molecule has 0 bridgehead atoms. The van der Waals surface area contributed by atoms with Gasteiger partial charge in [0.2, 0.25) is 0 Å². The van der Waals surface area contributed by atoms with E-state index < -0.39 is 6.10 Å². The molecule has 0 aromatic carbocycles. The molecule has 1 aliphatic rings. The van der Waals surface area contributed by atoms with Crippen molar-refractivity contribution in [1.29, 1.82) is 0 Å². The Morgan fingerprint density at radius 1 is 1.30 bits per heavy atom. The quantitative estimate of drug-likeness (QED) is 0.669. The maximum atomic E-state index is 11.7. The topological polar surface area (TPSA) is 70.6 Å². The van der Waals surface area contributed by atoms with Crippen molar-refractivity contribution in [3.8, 4) is 0 Å². The molecule has 0 aliphatic heterocycles. The summed E-state index contributed by atoms with van der Waals surface area (Å²) in [7, 11) is 1.52. The summed E-state index contributed by atoms with van der Waals surface area (Å²) >= 11 is 0. The lowest BCUT2D eigenvalue weighted by atomic mass is 9.71. The Balaban J connectivity index is 2.24. The number of ether oxygens (including phenoxy) is 1. The highest BCUT2D eigenvalue weighted by Crippen LogP contribution is 2.37. The number of aliphatic hydroxyl groups excluding tert-OH is 1. The molecule has 0 heterocycles. The Labute approximate surface area is 122 Å². The minimum Gasteiger partial charge on any atom is -0.389 e. The van der Waals surface area contributed by atoms with Crippen molar-refractivity contribution in [2.75, 3.05) is 26.8 Å². The largest absolute Gasteiger partial charge is 0.389 e. The number of urea groups is 1. The number of carbonyl (C=O) groups is 1. The predicted octanol–water partition coefficient (Wildman–Crippen LogP) is 1.90. The summed E-state index contributed by atoms with van der Waals surface area (Å²) in [5.41, 5.74) is 0.128. The monoisotopic (exact) mass is 286 g/mol. The van der Waals surface area contributed by atoms with Crippen LogP contribution in [-0.4, -0.2) is 44.0 Å². The molecule has 3 N–H and O–H groups in total. The Hall–Kier alpha value is -0.810. The second kappa shape index (κ2) is 8.47. The van der Waals surface area contributed by atoms with E-state index in [1.165, 1.54) is 39.2 Å². The van der Waals surface area contributed by atoms with Crippen LogP contribution in [0.15, 0.2) is 0 Å². The van der Waals surface area contributed by atoms with E-state index in [0.717, 1.165) is 0 Å². The molecule has 5 nitrogen and oxygen atoms in total. The van der Waals surface area contributed by atoms with Gasteiger partial charge in [-0.2, -0.15) is 0 Å². The molecule has 1 atom stereocenters. The summed E-state index contributed by atoms with van der Waals surface area (Å²) in [4.78, 5) is 11.7. The van der Waals surface area contributed by atoms with Crippen molar-refractivity contribution in [2.24, 2.45) is 11.3 Å². The highest BCUT2D eigenvalue weighted by Gasteiger charge is 2.30. The third-order valence-corrected chi connectivity index (χ3v) is 4.27. The van der Waals surface area contributed by atoms with Crippen LogP contribution in [-0.2, 0) is 4.74 Å². The molecule has 2 amide bonds. The highest BCUT2D eigenvalue weighted by molar-refractivity contribution is 5.73. The average molecular weight is 286 g/mol. The van der Waals surface area contributed by atoms with Crippen LogP contribution in [0.1, 0.15) is 46.0 Å². The minimum atomic E-state index is -0.655. The molecule has 1 rings (SSSR count). The van der Waals surface area contributed by atoms with Crippen molar-refractivity contribution in [2.45, 2.75) is 52.1 Å². The summed E-state index contributed by atoms with van der Waals surface area (Å²) in [6.45, 7) is 5.56. The van der Waals surface area contributed by atoms with E-state index in [1.807, 2.05) is 0 Å². The van der Waals surface area contributed by atoms with Gasteiger partial charge in [-0.3, -0.25) is 0 Å². The van der Waals surface area contributed by atoms with Gasteiger partial charge >= 0.3 is 6.03 Å². The molecule has 118 valence electrons. The molecular formula is C15H30N2O3. The summed E-state index contributed by atoms with van der Waals surface area (Å²) in [6, 6.07) is -0.218. The molecule has 20 heavy (non-hydrogen) atoms. The van der Waals surface area contributed by atoms with E-state index in [9.17, 15) is 9.90 Å². The van der Waals surface area contributed by atoms with Crippen LogP contribution in [0.5, 0.6) is 0 Å². The zero-order valence-electron chi connectivity index (χ0n) is 13.1. The maximum Gasteiger partial charge on any atom is 0.314 e. The fourth-order valence-corrected chi connectivity index (χ4v) is 2.86. The van der Waals surface area contributed by atoms with Crippen LogP contribution < -0.4 is 10.6 Å². The highest BCUT2D eigenvalue weighted by atomic mass is 16.5. The predicted molar refractivity (Wildman–Crippen MR) is 79.6 cm³/mol. The smallest absolute Gasteiger partial charge is 0.314 e. The first-order valence-corrected chi connectivity index (χ1v) is 7.64. The number of hydrogen-bond acceptors (Lipinski definition) is 3. The zero-order chi connectivity index (χ0) is 15.0. The van der Waals surface area contributed by atoms with Gasteiger partial charge in [-0.25, -0.2) is 4.79 Å². The van der Waals surface area contributed by atoms with Crippen molar-refractivity contribution < 1.29 is 14.6 Å². The fourth-order valence-electron chi connectivity index (χ4n) is 2.86. The summed E-state index contributed by atoms with van der Waals surface area (Å²) in [5, 5.41) is 15.0. The number of carbonyl (C=O) groups excluding carboxylic acids is 1. The van der Waals surface area contributed by atoms with Gasteiger partial charge in [0.1, 0.15) is 0 Å². The number of hydrogen-bond donors (Lipinski definition) is 3. The molecule has 0 saturated heterocycles. The van der Waals surface area contributed by atoms with Crippen molar-refractivity contribution in [1.82, 2.24) is 10.6 Å². The Morgan fingerprint density at radius 3 is 2.55 bits per heavy atom. The first kappa shape index (κ1) is 17.2. The van der Waals surface area contributed by atoms with Crippen molar-refractivity contribution in [3.05, 3.63) is 0 Å². The fraction of sp³-hybridized carbons (Fsp3) is 0.933. The Bertz CT molecular complexity index is 289. The lowest BCUT2D eigenvalue weighted by Crippen LogP contribution is -2.45. The van der Waals surface area contributed by atoms with Crippen LogP contribution >= 0.6 is 0 Å². The van der Waals surface area contributed by atoms with Gasteiger partial charge in [-0.15, -0.1) is 0 Å². The first-order valence-electron chi connectivity index (χ1n) is 7.64. The summed E-state index contributed by atoms with van der Waals surface area (Å²) in [5.74, 6) is 0.690. The molecule has 1 unspecified atom stereocenters. The standard InChI is InChI=1S/C15H30N2O3/c1-15(2,12-7-5-4-6-8-12)11-17-14(19)16-9-13(18)10-20-3/h12-13,18H,4-11H2,1-3H3,(H2,16,17,19). The van der Waals surface area contributed by atoms with E-state index >= 15 is 0 Å². The van der Waals surface area contributed by atoms with Crippen molar-refractivity contribution in [3.63, 3.8) is 0 Å². The van der Waals surface area contributed by atoms with Crippen LogP contribution in [0.25, 0.3) is 0 Å². The zero-order valence-corrected chi connectivity index (χ0v) is 13.1. The SMILES string of the molecule is COCC(O)CNC(=O)NCC(C)(C)C1CCCCC1. The molecular weight excluding hydrogens is 256 g/mol. The lowest BCUT2D eigenvalue weighted by molar-refractivity contribution is 0.0658. The molecule has 1 aliphatic carbocycles. The van der Waals surface area contributed by atoms with Gasteiger partial charge in [-0.05, 0) is 24.2 Å². The van der Waals surface area contributed by atoms with Crippen LogP contribution in [0.3, 0.4) is 0 Å². The molecule has 0 aromatic heterocycles. The van der Waals surface area contributed by atoms with E-state index in [0.29, 0.717) is 12.5 Å². The van der Waals surface area contributed by atoms with Crippen LogP contribution in [0.2, 0.25) is 0 Å². The second-order valence-electron chi connectivity index (χ2n) is 6.50. The second-order valence-corrected chi connectivity index (χ2v) is 6.50. The minimum absolute atomic E-state index is 0.128. The van der Waals surface area contributed by atoms with E-state index in [2.05, 4.69) is 24.5 Å². The number of rotatable bonds is 7. The van der Waals surface area contributed by atoms with Gasteiger partial charge in [0.05, 0.1) is 12.7 Å². The third-order valence-electron chi connectivity index (χ3n) is 4.27. The van der Waals surface area contributed by atoms with E-state index in [4.69, 9.17) is 4.74 Å². The summed E-state index contributed by atoms with van der Waals surface area (Å²) in [6.07, 6.45) is 5.84. The first-order chi connectivity index (χ1) is 9.45. The average Bonchev–Trinajstić information content (AvgIpc) is 2.44. The summed E-state index contributed by atoms with van der Waals surface area (Å²) < 4.78 is 4.81. The Kier molecular flexibility index (Phi) is 7.30. The molecule has 5 heteroatoms.